The Hall–Kier alpha value is 0.603. The molecule has 3 nitrogen and oxygen atoms in total. The van der Waals surface area contributed by atoms with Gasteiger partial charge >= 0.3 is 27.5 Å². The molecule has 4 heteroatoms. The van der Waals surface area contributed by atoms with Crippen molar-refractivity contribution >= 4 is 0 Å². The fraction of sp³-hybridized carbons (Fsp3) is 0.917. The van der Waals surface area contributed by atoms with Crippen LogP contribution < -0.4 is 0 Å². The van der Waals surface area contributed by atoms with E-state index in [4.69, 9.17) is 13.0 Å². The van der Waals surface area contributed by atoms with Crippen molar-refractivity contribution in [2.24, 2.45) is 0 Å². The molecule has 0 radical (unpaired) electrons. The molecule has 0 atom stereocenters. The van der Waals surface area contributed by atoms with E-state index in [0.717, 1.165) is 25.7 Å². The van der Waals surface area contributed by atoms with Gasteiger partial charge in [-0.3, -0.25) is 0 Å². The molecule has 0 unspecified atom stereocenters. The van der Waals surface area contributed by atoms with Gasteiger partial charge in [0.15, 0.2) is 0 Å². The van der Waals surface area contributed by atoms with E-state index >= 15 is 0 Å². The second-order valence-corrected chi connectivity index (χ2v) is 6.69. The fourth-order valence-corrected chi connectivity index (χ4v) is 1.93. The first-order chi connectivity index (χ1) is 13.7. The second-order valence-electron chi connectivity index (χ2n) is 6.69. The molecule has 28 heavy (non-hydrogen) atoms. The number of rotatable bonds is 14. The molecule has 0 aliphatic rings. The van der Waals surface area contributed by atoms with Crippen molar-refractivity contribution in [3.63, 3.8) is 0 Å². The van der Waals surface area contributed by atoms with Gasteiger partial charge in [-0.2, -0.15) is 12.8 Å². The van der Waals surface area contributed by atoms with Gasteiger partial charge < -0.3 is 24.1 Å². The number of hydrogen-bond donors (Lipinski definition) is 2. The van der Waals surface area contributed by atoms with Crippen LogP contribution >= 0.6 is 0 Å². The van der Waals surface area contributed by atoms with Crippen LogP contribution in [0.15, 0.2) is 0 Å². The fourth-order valence-electron chi connectivity index (χ4n) is 1.93. The Kier molecular flexibility index (Phi) is 78.9. The molecule has 0 amide bonds. The molecule has 0 saturated heterocycles. The van der Waals surface area contributed by atoms with Crippen LogP contribution in [-0.2, 0) is 27.5 Å². The molecule has 0 aliphatic heterocycles. The Labute approximate surface area is 194 Å². The van der Waals surface area contributed by atoms with Crippen LogP contribution in [0.3, 0.4) is 0 Å². The minimum absolute atomic E-state index is 0.300. The Morgan fingerprint density at radius 3 is 0.893 bits per heavy atom. The summed E-state index contributed by atoms with van der Waals surface area (Å²) >= 11 is 0.300. The molecule has 0 fully saturated rings. The predicted molar refractivity (Wildman–Crippen MR) is 122 cm³/mol. The Morgan fingerprint density at radius 2 is 0.750 bits per heavy atom. The van der Waals surface area contributed by atoms with E-state index in [1.807, 2.05) is 0 Å². The van der Waals surface area contributed by atoms with Gasteiger partial charge in [0.1, 0.15) is 0 Å². The van der Waals surface area contributed by atoms with Crippen LogP contribution in [0.5, 0.6) is 0 Å². The zero-order valence-electron chi connectivity index (χ0n) is 19.9. The molecule has 0 aliphatic carbocycles. The van der Waals surface area contributed by atoms with Crippen LogP contribution in [0.25, 0.3) is 0 Å². The van der Waals surface area contributed by atoms with Crippen LogP contribution in [0, 0.1) is 13.8 Å². The number of unbranched alkanes of at least 4 members (excludes halogenated alkanes) is 12. The first-order valence-electron chi connectivity index (χ1n) is 11.7. The molecule has 0 rings (SSSR count). The molecule has 0 bridgehead atoms. The number of aliphatic hydroxyl groups excluding tert-OH is 2. The third-order valence-corrected chi connectivity index (χ3v) is 3.73. The van der Waals surface area contributed by atoms with E-state index in [2.05, 4.69) is 41.5 Å². The van der Waals surface area contributed by atoms with Crippen molar-refractivity contribution in [1.82, 2.24) is 0 Å². The van der Waals surface area contributed by atoms with Gasteiger partial charge in [-0.25, -0.2) is 0 Å². The van der Waals surface area contributed by atoms with E-state index in [1.165, 1.54) is 77.0 Å². The van der Waals surface area contributed by atoms with Crippen LogP contribution in [-0.4, -0.2) is 23.4 Å². The van der Waals surface area contributed by atoms with E-state index in [1.54, 1.807) is 0 Å². The molecule has 0 aromatic rings. The van der Waals surface area contributed by atoms with Gasteiger partial charge in [0.2, 0.25) is 0 Å². The maximum atomic E-state index is 8.34. The standard InChI is InChI=1S/2C6H14O.2C6H13.O.Zr/c2*1-2-3-4-5-6-7;2*1-3-5-6-4-2;;/h2*7H,2-6H2,1H3;2*1,3-6H2,2H3;;/q;;2*-1;;+2. The summed E-state index contributed by atoms with van der Waals surface area (Å²) in [4.78, 5) is 0. The Bertz CT molecular complexity index is 147. The third kappa shape index (κ3) is 81.8. The van der Waals surface area contributed by atoms with Gasteiger partial charge in [-0.05, 0) is 12.8 Å². The van der Waals surface area contributed by atoms with Crippen LogP contribution in [0.1, 0.15) is 130 Å². The molecular formula is C24H54O3Zr. The van der Waals surface area contributed by atoms with Gasteiger partial charge in [0.05, 0.1) is 0 Å². The molecule has 0 aromatic carbocycles. The normalized spacial score (nSPS) is 8.79. The number of aliphatic hydroxyl groups is 2. The summed E-state index contributed by atoms with van der Waals surface area (Å²) in [6.45, 7) is 16.9. The van der Waals surface area contributed by atoms with Gasteiger partial charge in [0, 0.05) is 13.2 Å². The zero-order chi connectivity index (χ0) is 22.7. The quantitative estimate of drug-likeness (QED) is 0.196. The minimum atomic E-state index is 0.300. The SMILES string of the molecule is CCCCCCO.CCCCCCO.[CH2-]CCCCC.[CH2-]CCCCC.[O]=[Zr+2]. The van der Waals surface area contributed by atoms with Crippen molar-refractivity contribution in [1.29, 1.82) is 0 Å². The summed E-state index contributed by atoms with van der Waals surface area (Å²) in [6, 6.07) is 0. The van der Waals surface area contributed by atoms with Crippen molar-refractivity contribution in [3.05, 3.63) is 13.8 Å². The van der Waals surface area contributed by atoms with E-state index in [9.17, 15) is 0 Å². The van der Waals surface area contributed by atoms with Crippen LogP contribution in [0.4, 0.5) is 0 Å². The molecule has 0 heterocycles. The Morgan fingerprint density at radius 1 is 0.500 bits per heavy atom. The molecule has 2 N–H and O–H groups in total. The first-order valence-corrected chi connectivity index (χ1v) is 12.7. The Balaban J connectivity index is -0.0000000816. The molecule has 0 aromatic heterocycles. The maximum absolute atomic E-state index is 8.34. The summed E-state index contributed by atoms with van der Waals surface area (Å²) in [7, 11) is 0. The molecule has 0 saturated carbocycles. The number of hydrogen-bond acceptors (Lipinski definition) is 3. The van der Waals surface area contributed by atoms with E-state index < -0.39 is 0 Å². The van der Waals surface area contributed by atoms with E-state index in [0.29, 0.717) is 37.9 Å². The van der Waals surface area contributed by atoms with Crippen molar-refractivity contribution in [3.8, 4) is 0 Å². The topological polar surface area (TPSA) is 57.5 Å². The summed E-state index contributed by atoms with van der Waals surface area (Å²) in [5, 5.41) is 16.6. The molecule has 0 spiro atoms. The molecule has 172 valence electrons. The molecular weight excluding hydrogens is 427 g/mol. The summed E-state index contributed by atoms with van der Waals surface area (Å²) < 4.78 is 8.34. The van der Waals surface area contributed by atoms with Gasteiger partial charge in [-0.15, -0.1) is 0 Å². The first kappa shape index (κ1) is 39.1. The summed E-state index contributed by atoms with van der Waals surface area (Å²) in [5.41, 5.74) is 0. The van der Waals surface area contributed by atoms with Gasteiger partial charge in [-0.1, -0.05) is 105 Å². The second kappa shape index (κ2) is 56.4. The van der Waals surface area contributed by atoms with Crippen molar-refractivity contribution in [2.45, 2.75) is 130 Å². The average molecular weight is 482 g/mol. The predicted octanol–water partition coefficient (Wildman–Crippen LogP) is 7.80. The van der Waals surface area contributed by atoms with Crippen molar-refractivity contribution < 1.29 is 37.7 Å². The average Bonchev–Trinajstić information content (AvgIpc) is 2.74. The van der Waals surface area contributed by atoms with Crippen molar-refractivity contribution in [2.75, 3.05) is 13.2 Å². The van der Waals surface area contributed by atoms with Crippen LogP contribution in [0.2, 0.25) is 0 Å². The summed E-state index contributed by atoms with van der Waals surface area (Å²) in [5.74, 6) is 0. The van der Waals surface area contributed by atoms with Gasteiger partial charge in [0.25, 0.3) is 0 Å². The zero-order valence-corrected chi connectivity index (χ0v) is 22.4. The summed E-state index contributed by atoms with van der Waals surface area (Å²) in [6.07, 6.45) is 19.5. The third-order valence-electron chi connectivity index (χ3n) is 3.73. The monoisotopic (exact) mass is 480 g/mol. The van der Waals surface area contributed by atoms with E-state index in [-0.39, 0.29) is 0 Å².